The topological polar surface area (TPSA) is 51.0 Å². The molecule has 3 rings (SSSR count). The smallest absolute Gasteiger partial charge is 0.280 e. The van der Waals surface area contributed by atoms with Crippen LogP contribution in [0.15, 0.2) is 28.8 Å². The molecule has 0 bridgehead atoms. The molecule has 2 aromatic heterocycles. The number of piperidine rings is 1. The predicted octanol–water partition coefficient (Wildman–Crippen LogP) is 2.55. The molecule has 0 amide bonds. The lowest BCUT2D eigenvalue weighted by molar-refractivity contribution is 0.144. The van der Waals surface area contributed by atoms with Crippen LogP contribution in [0, 0.1) is 5.92 Å². The van der Waals surface area contributed by atoms with Crippen molar-refractivity contribution in [2.24, 2.45) is 5.92 Å². The summed E-state index contributed by atoms with van der Waals surface area (Å²) in [5.41, 5.74) is 0.379. The van der Waals surface area contributed by atoms with Crippen molar-refractivity contribution in [1.29, 1.82) is 0 Å². The maximum absolute atomic E-state index is 12.5. The molecule has 1 aliphatic heterocycles. The fraction of sp³-hybridized carbons (Fsp3) is 0.533. The van der Waals surface area contributed by atoms with Crippen molar-refractivity contribution in [2.45, 2.75) is 32.4 Å². The molecule has 0 atom stereocenters. The summed E-state index contributed by atoms with van der Waals surface area (Å²) in [7, 11) is 0. The van der Waals surface area contributed by atoms with Crippen molar-refractivity contribution >= 4 is 11.5 Å². The van der Waals surface area contributed by atoms with Crippen molar-refractivity contribution in [3.8, 4) is 0 Å². The van der Waals surface area contributed by atoms with Crippen molar-refractivity contribution in [1.82, 2.24) is 18.8 Å². The Morgan fingerprint density at radius 3 is 2.74 bits per heavy atom. The second-order valence-electron chi connectivity index (χ2n) is 5.86. The average molecular weight is 340 g/mol. The van der Waals surface area contributed by atoms with Gasteiger partial charge in [-0.05, 0) is 48.9 Å². The third-order valence-corrected chi connectivity index (χ3v) is 4.81. The van der Waals surface area contributed by atoms with Crippen LogP contribution in [0.3, 0.4) is 0 Å². The van der Waals surface area contributed by atoms with Gasteiger partial charge in [-0.2, -0.15) is 0 Å². The number of alkyl halides is 2. The van der Waals surface area contributed by atoms with E-state index in [0.29, 0.717) is 12.5 Å². The second-order valence-corrected chi connectivity index (χ2v) is 6.51. The highest BCUT2D eigenvalue weighted by atomic mass is 32.1. The lowest BCUT2D eigenvalue weighted by atomic mass is 9.96. The van der Waals surface area contributed by atoms with E-state index < -0.39 is 17.7 Å². The Morgan fingerprint density at radius 1 is 1.35 bits per heavy atom. The fourth-order valence-electron chi connectivity index (χ4n) is 2.86. The van der Waals surface area contributed by atoms with Gasteiger partial charge in [0.15, 0.2) is 0 Å². The Labute approximate surface area is 136 Å². The molecular formula is C15H18F2N4OS. The van der Waals surface area contributed by atoms with Crippen LogP contribution in [-0.2, 0) is 13.1 Å². The molecule has 0 radical (unpaired) electrons. The van der Waals surface area contributed by atoms with Crippen LogP contribution >= 0.6 is 11.5 Å². The summed E-state index contributed by atoms with van der Waals surface area (Å²) in [4.78, 5) is 17.9. The Hall–Kier alpha value is -1.67. The molecule has 1 aliphatic rings. The maximum Gasteiger partial charge on any atom is 0.280 e. The van der Waals surface area contributed by atoms with Gasteiger partial charge in [0.05, 0.1) is 6.33 Å². The van der Waals surface area contributed by atoms with E-state index in [0.717, 1.165) is 38.5 Å². The van der Waals surface area contributed by atoms with Crippen molar-refractivity contribution < 1.29 is 8.78 Å². The molecule has 5 nitrogen and oxygen atoms in total. The first-order chi connectivity index (χ1) is 11.1. The predicted molar refractivity (Wildman–Crippen MR) is 83.6 cm³/mol. The Kier molecular flexibility index (Phi) is 5.12. The highest BCUT2D eigenvalue weighted by Gasteiger charge is 2.20. The summed E-state index contributed by atoms with van der Waals surface area (Å²) in [6.07, 6.45) is 2.41. The zero-order valence-electron chi connectivity index (χ0n) is 12.6. The Balaban J connectivity index is 1.53. The summed E-state index contributed by atoms with van der Waals surface area (Å²) in [6, 6.07) is 0.934. The van der Waals surface area contributed by atoms with Crippen molar-refractivity contribution in [2.75, 3.05) is 13.1 Å². The van der Waals surface area contributed by atoms with Crippen LogP contribution in [0.2, 0.25) is 0 Å². The Bertz CT molecular complexity index is 681. The summed E-state index contributed by atoms with van der Waals surface area (Å²) in [6.45, 7) is 3.40. The fourth-order valence-corrected chi connectivity index (χ4v) is 3.39. The molecule has 0 unspecified atom stereocenters. The van der Waals surface area contributed by atoms with E-state index in [2.05, 4.69) is 19.6 Å². The molecule has 0 N–H and O–H groups in total. The minimum absolute atomic E-state index is 0.378. The second kappa shape index (κ2) is 7.27. The largest absolute Gasteiger partial charge is 0.299 e. The van der Waals surface area contributed by atoms with E-state index in [9.17, 15) is 13.6 Å². The number of hydrogen-bond donors (Lipinski definition) is 0. The van der Waals surface area contributed by atoms with Gasteiger partial charge < -0.3 is 0 Å². The van der Waals surface area contributed by atoms with Crippen molar-refractivity contribution in [3.63, 3.8) is 0 Å². The van der Waals surface area contributed by atoms with E-state index in [-0.39, 0.29) is 0 Å². The van der Waals surface area contributed by atoms with Crippen LogP contribution < -0.4 is 5.56 Å². The molecular weight excluding hydrogens is 322 g/mol. The maximum atomic E-state index is 12.5. The average Bonchev–Trinajstić information content (AvgIpc) is 3.04. The standard InChI is InChI=1S/C15H18F2N4OS/c16-15(17)13-5-14(22)21(10-18-13)8-11-1-3-20(4-2-11)7-12-6-19-23-9-12/h5-6,9-11,15H,1-4,7-8H2. The van der Waals surface area contributed by atoms with Crippen LogP contribution in [0.1, 0.15) is 30.5 Å². The Morgan fingerprint density at radius 2 is 2.13 bits per heavy atom. The molecule has 0 aromatic carbocycles. The highest BCUT2D eigenvalue weighted by Crippen LogP contribution is 2.21. The molecule has 2 aromatic rings. The van der Waals surface area contributed by atoms with E-state index in [1.807, 2.05) is 6.20 Å². The zero-order chi connectivity index (χ0) is 16.2. The quantitative estimate of drug-likeness (QED) is 0.839. The molecule has 23 heavy (non-hydrogen) atoms. The molecule has 0 saturated carbocycles. The van der Waals surface area contributed by atoms with E-state index in [4.69, 9.17) is 0 Å². The summed E-state index contributed by atoms with van der Waals surface area (Å²) >= 11 is 1.46. The summed E-state index contributed by atoms with van der Waals surface area (Å²) < 4.78 is 30.6. The number of aromatic nitrogens is 3. The van der Waals surface area contributed by atoms with Crippen LogP contribution in [-0.4, -0.2) is 31.9 Å². The minimum atomic E-state index is -2.70. The molecule has 8 heteroatoms. The first-order valence-corrected chi connectivity index (χ1v) is 8.40. The van der Waals surface area contributed by atoms with Gasteiger partial charge in [0.2, 0.25) is 0 Å². The number of rotatable bonds is 5. The minimum Gasteiger partial charge on any atom is -0.299 e. The number of nitrogens with zero attached hydrogens (tertiary/aromatic N) is 4. The first-order valence-electron chi connectivity index (χ1n) is 7.57. The van der Waals surface area contributed by atoms with Crippen LogP contribution in [0.4, 0.5) is 8.78 Å². The van der Waals surface area contributed by atoms with Gasteiger partial charge in [-0.25, -0.2) is 18.1 Å². The third kappa shape index (κ3) is 4.20. The third-order valence-electron chi connectivity index (χ3n) is 4.18. The van der Waals surface area contributed by atoms with Gasteiger partial charge in [-0.1, -0.05) is 0 Å². The number of hydrogen-bond acceptors (Lipinski definition) is 5. The van der Waals surface area contributed by atoms with E-state index >= 15 is 0 Å². The van der Waals surface area contributed by atoms with Gasteiger partial charge >= 0.3 is 0 Å². The van der Waals surface area contributed by atoms with Gasteiger partial charge in [-0.3, -0.25) is 14.3 Å². The SMILES string of the molecule is O=c1cc(C(F)F)ncn1CC1CCN(Cc2cnsc2)CC1. The monoisotopic (exact) mass is 340 g/mol. The molecule has 3 heterocycles. The number of likely N-dealkylation sites (tertiary alicyclic amines) is 1. The highest BCUT2D eigenvalue weighted by molar-refractivity contribution is 7.03. The molecule has 1 fully saturated rings. The molecule has 0 aliphatic carbocycles. The summed E-state index contributed by atoms with van der Waals surface area (Å²) in [5.74, 6) is 0.378. The van der Waals surface area contributed by atoms with Crippen LogP contribution in [0.25, 0.3) is 0 Å². The van der Waals surface area contributed by atoms with Gasteiger partial charge in [-0.15, -0.1) is 0 Å². The lowest BCUT2D eigenvalue weighted by Crippen LogP contribution is -2.36. The molecule has 124 valence electrons. The van der Waals surface area contributed by atoms with Gasteiger partial charge in [0.25, 0.3) is 12.0 Å². The van der Waals surface area contributed by atoms with E-state index in [1.54, 1.807) is 0 Å². The van der Waals surface area contributed by atoms with Gasteiger partial charge in [0.1, 0.15) is 5.69 Å². The van der Waals surface area contributed by atoms with Crippen LogP contribution in [0.5, 0.6) is 0 Å². The summed E-state index contributed by atoms with van der Waals surface area (Å²) in [5, 5.41) is 2.06. The van der Waals surface area contributed by atoms with Crippen molar-refractivity contribution in [3.05, 3.63) is 45.6 Å². The molecule has 1 saturated heterocycles. The molecule has 0 spiro atoms. The number of halogens is 2. The first kappa shape index (κ1) is 16.2. The zero-order valence-corrected chi connectivity index (χ0v) is 13.4. The van der Waals surface area contributed by atoms with E-state index in [1.165, 1.54) is 28.0 Å². The van der Waals surface area contributed by atoms with Gasteiger partial charge in [0, 0.05) is 30.7 Å². The lowest BCUT2D eigenvalue weighted by Gasteiger charge is -2.31. The normalized spacial score (nSPS) is 17.0.